The smallest absolute Gasteiger partial charge is 0.306 e. The average molecular weight is 242 g/mol. The summed E-state index contributed by atoms with van der Waals surface area (Å²) in [5.74, 6) is -0.0367. The van der Waals surface area contributed by atoms with Gasteiger partial charge in [-0.05, 0) is 26.7 Å². The highest BCUT2D eigenvalue weighted by molar-refractivity contribution is 5.69. The fourth-order valence-electron chi connectivity index (χ4n) is 1.66. The second-order valence-electron chi connectivity index (χ2n) is 5.46. The van der Waals surface area contributed by atoms with Crippen LogP contribution in [0.5, 0.6) is 0 Å². The van der Waals surface area contributed by atoms with Gasteiger partial charge in [-0.1, -0.05) is 52.4 Å². The first-order valence-corrected chi connectivity index (χ1v) is 7.23. The molecule has 0 N–H and O–H groups in total. The lowest BCUT2D eigenvalue weighted by molar-refractivity contribution is -0.156. The summed E-state index contributed by atoms with van der Waals surface area (Å²) in [5, 5.41) is 0. The Labute approximate surface area is 107 Å². The first-order valence-electron chi connectivity index (χ1n) is 7.23. The molecule has 0 aromatic carbocycles. The third kappa shape index (κ3) is 10.3. The maximum absolute atomic E-state index is 11.5. The molecule has 0 radical (unpaired) electrons. The highest BCUT2D eigenvalue weighted by Crippen LogP contribution is 2.16. The third-order valence-electron chi connectivity index (χ3n) is 3.23. The van der Waals surface area contributed by atoms with Gasteiger partial charge in [0, 0.05) is 6.42 Å². The van der Waals surface area contributed by atoms with E-state index in [1.54, 1.807) is 0 Å². The van der Waals surface area contributed by atoms with Crippen LogP contribution in [0.1, 0.15) is 85.5 Å². The number of hydrogen-bond acceptors (Lipinski definition) is 2. The number of carbonyl (C=O) groups is 1. The van der Waals surface area contributed by atoms with Gasteiger partial charge in [-0.25, -0.2) is 0 Å². The van der Waals surface area contributed by atoms with Crippen molar-refractivity contribution in [3.8, 4) is 0 Å². The molecule has 0 saturated heterocycles. The van der Waals surface area contributed by atoms with Crippen LogP contribution in [0.3, 0.4) is 0 Å². The van der Waals surface area contributed by atoms with Crippen molar-refractivity contribution in [1.29, 1.82) is 0 Å². The molecular weight excluding hydrogens is 212 g/mol. The molecule has 17 heavy (non-hydrogen) atoms. The van der Waals surface area contributed by atoms with E-state index in [0.29, 0.717) is 6.42 Å². The Morgan fingerprint density at radius 3 is 2.00 bits per heavy atom. The number of rotatable bonds is 10. The summed E-state index contributed by atoms with van der Waals surface area (Å²) in [7, 11) is 0. The molecule has 0 atom stereocenters. The Balaban J connectivity index is 3.40. The molecule has 102 valence electrons. The molecule has 0 aliphatic rings. The highest BCUT2D eigenvalue weighted by atomic mass is 16.6. The molecule has 0 aliphatic carbocycles. The summed E-state index contributed by atoms with van der Waals surface area (Å²) < 4.78 is 5.39. The van der Waals surface area contributed by atoms with Crippen LogP contribution in [0, 0.1) is 0 Å². The van der Waals surface area contributed by atoms with E-state index in [4.69, 9.17) is 4.74 Å². The monoisotopic (exact) mass is 242 g/mol. The summed E-state index contributed by atoms with van der Waals surface area (Å²) in [6.45, 7) is 8.21. The molecule has 0 amide bonds. The lowest BCUT2D eigenvalue weighted by Crippen LogP contribution is -2.26. The number of ether oxygens (including phenoxy) is 1. The van der Waals surface area contributed by atoms with Crippen LogP contribution in [0.2, 0.25) is 0 Å². The standard InChI is InChI=1S/C15H30O2/c1-5-7-8-9-10-11-12-13-14(16)17-15(3,4)6-2/h5-13H2,1-4H3. The van der Waals surface area contributed by atoms with E-state index >= 15 is 0 Å². The van der Waals surface area contributed by atoms with Gasteiger partial charge in [-0.15, -0.1) is 0 Å². The largest absolute Gasteiger partial charge is 0.460 e. The van der Waals surface area contributed by atoms with E-state index in [1.807, 2.05) is 20.8 Å². The maximum Gasteiger partial charge on any atom is 0.306 e. The van der Waals surface area contributed by atoms with E-state index in [9.17, 15) is 4.79 Å². The zero-order chi connectivity index (χ0) is 13.1. The Morgan fingerprint density at radius 2 is 1.47 bits per heavy atom. The predicted octanol–water partition coefficient (Wildman–Crippen LogP) is 4.86. The number of unbranched alkanes of at least 4 members (excludes halogenated alkanes) is 6. The number of esters is 1. The first kappa shape index (κ1) is 16.5. The van der Waals surface area contributed by atoms with Crippen LogP contribution in [0.15, 0.2) is 0 Å². The van der Waals surface area contributed by atoms with Crippen LogP contribution in [-0.2, 0) is 9.53 Å². The fraction of sp³-hybridized carbons (Fsp3) is 0.933. The molecule has 0 spiro atoms. The zero-order valence-electron chi connectivity index (χ0n) is 12.2. The van der Waals surface area contributed by atoms with Gasteiger partial charge >= 0.3 is 5.97 Å². The maximum atomic E-state index is 11.5. The van der Waals surface area contributed by atoms with Crippen molar-refractivity contribution in [2.45, 2.75) is 91.1 Å². The van der Waals surface area contributed by atoms with Crippen LogP contribution in [0.25, 0.3) is 0 Å². The lowest BCUT2D eigenvalue weighted by Gasteiger charge is -2.23. The normalized spacial score (nSPS) is 11.5. The van der Waals surface area contributed by atoms with Crippen LogP contribution < -0.4 is 0 Å². The van der Waals surface area contributed by atoms with Gasteiger partial charge in [-0.3, -0.25) is 4.79 Å². The Kier molecular flexibility index (Phi) is 9.20. The minimum absolute atomic E-state index is 0.0367. The van der Waals surface area contributed by atoms with E-state index in [2.05, 4.69) is 6.92 Å². The molecule has 0 aliphatic heterocycles. The summed E-state index contributed by atoms with van der Waals surface area (Å²) in [6, 6.07) is 0. The summed E-state index contributed by atoms with van der Waals surface area (Å²) >= 11 is 0. The molecule has 0 rings (SSSR count). The third-order valence-corrected chi connectivity index (χ3v) is 3.23. The van der Waals surface area contributed by atoms with E-state index in [1.165, 1.54) is 32.1 Å². The van der Waals surface area contributed by atoms with Gasteiger partial charge in [0.25, 0.3) is 0 Å². The fourth-order valence-corrected chi connectivity index (χ4v) is 1.66. The average Bonchev–Trinajstić information content (AvgIpc) is 2.27. The SMILES string of the molecule is CCCCCCCCCC(=O)OC(C)(C)CC. The minimum atomic E-state index is -0.293. The Morgan fingerprint density at radius 1 is 0.941 bits per heavy atom. The van der Waals surface area contributed by atoms with Gasteiger partial charge in [0.05, 0.1) is 0 Å². The van der Waals surface area contributed by atoms with Gasteiger partial charge in [0.15, 0.2) is 0 Å². The predicted molar refractivity (Wildman–Crippen MR) is 73.1 cm³/mol. The molecule has 0 aromatic rings. The van der Waals surface area contributed by atoms with Crippen molar-refractivity contribution in [3.05, 3.63) is 0 Å². The quantitative estimate of drug-likeness (QED) is 0.404. The highest BCUT2D eigenvalue weighted by Gasteiger charge is 2.19. The van der Waals surface area contributed by atoms with Crippen molar-refractivity contribution >= 4 is 5.97 Å². The van der Waals surface area contributed by atoms with Gasteiger partial charge < -0.3 is 4.74 Å². The lowest BCUT2D eigenvalue weighted by atomic mass is 10.1. The van der Waals surface area contributed by atoms with Crippen molar-refractivity contribution in [1.82, 2.24) is 0 Å². The van der Waals surface area contributed by atoms with Crippen LogP contribution in [0.4, 0.5) is 0 Å². The van der Waals surface area contributed by atoms with Crippen molar-refractivity contribution < 1.29 is 9.53 Å². The topological polar surface area (TPSA) is 26.3 Å². The van der Waals surface area contributed by atoms with Crippen LogP contribution >= 0.6 is 0 Å². The molecule has 2 heteroatoms. The Bertz CT molecular complexity index is 197. The molecule has 0 fully saturated rings. The van der Waals surface area contributed by atoms with E-state index in [0.717, 1.165) is 19.3 Å². The van der Waals surface area contributed by atoms with Crippen molar-refractivity contribution in [2.75, 3.05) is 0 Å². The van der Waals surface area contributed by atoms with E-state index in [-0.39, 0.29) is 11.6 Å². The Hall–Kier alpha value is -0.530. The van der Waals surface area contributed by atoms with Gasteiger partial charge in [0.1, 0.15) is 5.60 Å². The number of carbonyl (C=O) groups excluding carboxylic acids is 1. The zero-order valence-corrected chi connectivity index (χ0v) is 12.2. The van der Waals surface area contributed by atoms with Crippen molar-refractivity contribution in [2.24, 2.45) is 0 Å². The van der Waals surface area contributed by atoms with Gasteiger partial charge in [0.2, 0.25) is 0 Å². The molecule has 0 saturated carbocycles. The summed E-state index contributed by atoms with van der Waals surface area (Å²) in [6.07, 6.45) is 10.1. The molecule has 2 nitrogen and oxygen atoms in total. The van der Waals surface area contributed by atoms with Crippen molar-refractivity contribution in [3.63, 3.8) is 0 Å². The molecule has 0 unspecified atom stereocenters. The summed E-state index contributed by atoms with van der Waals surface area (Å²) in [4.78, 5) is 11.5. The van der Waals surface area contributed by atoms with Gasteiger partial charge in [-0.2, -0.15) is 0 Å². The molecule has 0 heterocycles. The second-order valence-corrected chi connectivity index (χ2v) is 5.46. The minimum Gasteiger partial charge on any atom is -0.460 e. The molecule has 0 bridgehead atoms. The second kappa shape index (κ2) is 9.49. The molecular formula is C15H30O2. The molecule has 0 aromatic heterocycles. The van der Waals surface area contributed by atoms with E-state index < -0.39 is 0 Å². The first-order chi connectivity index (χ1) is 8.02. The number of hydrogen-bond donors (Lipinski definition) is 0. The van der Waals surface area contributed by atoms with Crippen LogP contribution in [-0.4, -0.2) is 11.6 Å². The summed E-state index contributed by atoms with van der Waals surface area (Å²) in [5.41, 5.74) is -0.293.